The number of pyridine rings is 1. The molecule has 0 saturated carbocycles. The van der Waals surface area contributed by atoms with Crippen molar-refractivity contribution >= 4 is 16.7 Å². The first-order valence-electron chi connectivity index (χ1n) is 11.5. The Hall–Kier alpha value is -3.06. The quantitative estimate of drug-likeness (QED) is 0.553. The molecule has 0 unspecified atom stereocenters. The minimum absolute atomic E-state index is 0.0784. The van der Waals surface area contributed by atoms with Crippen molar-refractivity contribution in [2.45, 2.75) is 39.2 Å². The summed E-state index contributed by atoms with van der Waals surface area (Å²) in [4.78, 5) is 32.1. The Morgan fingerprint density at radius 3 is 2.66 bits per heavy atom. The number of nitrogens with one attached hydrogen (secondary N) is 1. The zero-order valence-electron chi connectivity index (χ0n) is 18.7. The van der Waals surface area contributed by atoms with Crippen molar-refractivity contribution < 1.29 is 4.79 Å². The monoisotopic (exact) mass is 433 g/mol. The van der Waals surface area contributed by atoms with Gasteiger partial charge in [-0.3, -0.25) is 14.6 Å². The number of nitrogens with zero attached hydrogens (tertiary/aromatic N) is 4. The Labute approximate surface area is 188 Å². The van der Waals surface area contributed by atoms with Gasteiger partial charge in [-0.2, -0.15) is 5.10 Å². The van der Waals surface area contributed by atoms with Gasteiger partial charge in [-0.1, -0.05) is 31.2 Å². The van der Waals surface area contributed by atoms with Crippen LogP contribution in [0.2, 0.25) is 0 Å². The van der Waals surface area contributed by atoms with Crippen molar-refractivity contribution in [3.63, 3.8) is 0 Å². The number of aromatic nitrogens is 3. The maximum Gasteiger partial charge on any atom is 0.275 e. The molecule has 0 spiro atoms. The van der Waals surface area contributed by atoms with Gasteiger partial charge in [-0.25, -0.2) is 4.68 Å². The van der Waals surface area contributed by atoms with E-state index in [1.807, 2.05) is 30.3 Å². The number of likely N-dealkylation sites (tertiary alicyclic amines) is 1. The zero-order chi connectivity index (χ0) is 22.3. The molecule has 7 nitrogen and oxygen atoms in total. The van der Waals surface area contributed by atoms with Crippen LogP contribution in [0.3, 0.4) is 0 Å². The zero-order valence-corrected chi connectivity index (χ0v) is 18.7. The molecule has 0 radical (unpaired) electrons. The average molecular weight is 434 g/mol. The lowest BCUT2D eigenvalue weighted by atomic mass is 9.99. The van der Waals surface area contributed by atoms with Crippen LogP contribution in [-0.4, -0.2) is 51.8 Å². The molecule has 3 heterocycles. The number of rotatable bonds is 8. The molecule has 3 aromatic rings. The van der Waals surface area contributed by atoms with Gasteiger partial charge in [0, 0.05) is 30.7 Å². The standard InChI is InChI=1S/C25H31N5O2/c1-19-9-14-29(15-10-19)13-5-12-27-24(31)18-30-25(32)22-8-3-2-7-21(22)23(28-30)16-20-6-4-11-26-17-20/h2-4,6-8,11,17,19H,5,9-10,12-16,18H2,1H3,(H,27,31). The van der Waals surface area contributed by atoms with Crippen LogP contribution in [0.5, 0.6) is 0 Å². The first-order chi connectivity index (χ1) is 15.6. The van der Waals surface area contributed by atoms with Gasteiger partial charge < -0.3 is 10.2 Å². The summed E-state index contributed by atoms with van der Waals surface area (Å²) in [6.07, 6.45) is 7.49. The van der Waals surface area contributed by atoms with Crippen molar-refractivity contribution in [1.29, 1.82) is 0 Å². The second-order valence-corrected chi connectivity index (χ2v) is 8.72. The number of hydrogen-bond donors (Lipinski definition) is 1. The SMILES string of the molecule is CC1CCN(CCCNC(=O)Cn2nc(Cc3cccnc3)c3ccccc3c2=O)CC1. The van der Waals surface area contributed by atoms with Gasteiger partial charge in [0.2, 0.25) is 5.91 Å². The fourth-order valence-corrected chi connectivity index (χ4v) is 4.25. The average Bonchev–Trinajstić information content (AvgIpc) is 2.82. The van der Waals surface area contributed by atoms with E-state index in [4.69, 9.17) is 0 Å². The Balaban J connectivity index is 1.40. The summed E-state index contributed by atoms with van der Waals surface area (Å²) in [5.41, 5.74) is 1.53. The van der Waals surface area contributed by atoms with Crippen LogP contribution in [-0.2, 0) is 17.8 Å². The van der Waals surface area contributed by atoms with Gasteiger partial charge >= 0.3 is 0 Å². The van der Waals surface area contributed by atoms with Crippen molar-refractivity contribution in [2.24, 2.45) is 5.92 Å². The highest BCUT2D eigenvalue weighted by Crippen LogP contribution is 2.17. The smallest absolute Gasteiger partial charge is 0.275 e. The van der Waals surface area contributed by atoms with Crippen molar-refractivity contribution in [3.05, 3.63) is 70.4 Å². The van der Waals surface area contributed by atoms with E-state index in [1.165, 1.54) is 17.5 Å². The molecule has 1 aliphatic rings. The number of piperidine rings is 1. The Morgan fingerprint density at radius 1 is 1.12 bits per heavy atom. The lowest BCUT2D eigenvalue weighted by molar-refractivity contribution is -0.121. The van der Waals surface area contributed by atoms with Crippen molar-refractivity contribution in [2.75, 3.05) is 26.2 Å². The van der Waals surface area contributed by atoms with Crippen LogP contribution >= 0.6 is 0 Å². The molecular formula is C25H31N5O2. The number of carbonyl (C=O) groups excluding carboxylic acids is 1. The van der Waals surface area contributed by atoms with Crippen LogP contribution in [0.1, 0.15) is 37.4 Å². The Kier molecular flexibility index (Phi) is 7.27. The van der Waals surface area contributed by atoms with Gasteiger partial charge in [0.1, 0.15) is 6.54 Å². The molecule has 1 aromatic carbocycles. The number of benzene rings is 1. The molecule has 1 amide bonds. The molecule has 1 saturated heterocycles. The van der Waals surface area contributed by atoms with E-state index in [9.17, 15) is 9.59 Å². The molecule has 168 valence electrons. The lowest BCUT2D eigenvalue weighted by Crippen LogP contribution is -2.37. The van der Waals surface area contributed by atoms with Crippen molar-refractivity contribution in [1.82, 2.24) is 25.0 Å². The summed E-state index contributed by atoms with van der Waals surface area (Å²) in [7, 11) is 0. The maximum atomic E-state index is 12.9. The largest absolute Gasteiger partial charge is 0.354 e. The number of amides is 1. The number of fused-ring (bicyclic) bond motifs is 1. The van der Waals surface area contributed by atoms with E-state index >= 15 is 0 Å². The summed E-state index contributed by atoms with van der Waals surface area (Å²) in [5.74, 6) is 0.635. The maximum absolute atomic E-state index is 12.9. The molecule has 0 bridgehead atoms. The highest BCUT2D eigenvalue weighted by Gasteiger charge is 2.16. The second-order valence-electron chi connectivity index (χ2n) is 8.72. The molecule has 2 aromatic heterocycles. The molecule has 32 heavy (non-hydrogen) atoms. The van der Waals surface area contributed by atoms with Crippen LogP contribution in [0.4, 0.5) is 0 Å². The predicted molar refractivity (Wildman–Crippen MR) is 126 cm³/mol. The Morgan fingerprint density at radius 2 is 1.91 bits per heavy atom. The normalized spacial score (nSPS) is 15.2. The van der Waals surface area contributed by atoms with Crippen LogP contribution in [0, 0.1) is 5.92 Å². The number of hydrogen-bond acceptors (Lipinski definition) is 5. The van der Waals surface area contributed by atoms with E-state index in [-0.39, 0.29) is 18.0 Å². The van der Waals surface area contributed by atoms with E-state index in [2.05, 4.69) is 27.2 Å². The predicted octanol–water partition coefficient (Wildman–Crippen LogP) is 2.62. The van der Waals surface area contributed by atoms with Gasteiger partial charge in [0.05, 0.1) is 11.1 Å². The van der Waals surface area contributed by atoms with Gasteiger partial charge in [0.15, 0.2) is 0 Å². The van der Waals surface area contributed by atoms with Crippen molar-refractivity contribution in [3.8, 4) is 0 Å². The molecule has 1 N–H and O–H groups in total. The first-order valence-corrected chi connectivity index (χ1v) is 11.5. The third-order valence-electron chi connectivity index (χ3n) is 6.18. The molecule has 4 rings (SSSR count). The van der Waals surface area contributed by atoms with Gasteiger partial charge in [-0.05, 0) is 62.5 Å². The second kappa shape index (κ2) is 10.5. The third-order valence-corrected chi connectivity index (χ3v) is 6.18. The minimum atomic E-state index is -0.242. The third kappa shape index (κ3) is 5.59. The van der Waals surface area contributed by atoms with Gasteiger partial charge in [0.25, 0.3) is 5.56 Å². The minimum Gasteiger partial charge on any atom is -0.354 e. The summed E-state index contributed by atoms with van der Waals surface area (Å²) in [6.45, 7) is 6.12. The molecule has 0 aliphatic carbocycles. The molecule has 1 fully saturated rings. The highest BCUT2D eigenvalue weighted by molar-refractivity contribution is 5.84. The summed E-state index contributed by atoms with van der Waals surface area (Å²) >= 11 is 0. The molecule has 0 atom stereocenters. The topological polar surface area (TPSA) is 80.1 Å². The van der Waals surface area contributed by atoms with Crippen LogP contribution in [0.25, 0.3) is 10.8 Å². The molecule has 1 aliphatic heterocycles. The molecule has 7 heteroatoms. The summed E-state index contributed by atoms with van der Waals surface area (Å²) < 4.78 is 1.29. The molecular weight excluding hydrogens is 402 g/mol. The van der Waals surface area contributed by atoms with E-state index < -0.39 is 0 Å². The summed E-state index contributed by atoms with van der Waals surface area (Å²) in [6, 6.07) is 11.3. The van der Waals surface area contributed by atoms with E-state index in [1.54, 1.807) is 18.5 Å². The summed E-state index contributed by atoms with van der Waals surface area (Å²) in [5, 5.41) is 8.89. The lowest BCUT2D eigenvalue weighted by Gasteiger charge is -2.30. The fraction of sp³-hybridized carbons (Fsp3) is 0.440. The first kappa shape index (κ1) is 22.1. The Bertz CT molecular complexity index is 1100. The van der Waals surface area contributed by atoms with Crippen LogP contribution < -0.4 is 10.9 Å². The fourth-order valence-electron chi connectivity index (χ4n) is 4.25. The van der Waals surface area contributed by atoms with E-state index in [0.29, 0.717) is 18.4 Å². The van der Waals surface area contributed by atoms with Gasteiger partial charge in [-0.15, -0.1) is 0 Å². The number of carbonyl (C=O) groups is 1. The van der Waals surface area contributed by atoms with E-state index in [0.717, 1.165) is 48.6 Å². The van der Waals surface area contributed by atoms with Crippen LogP contribution in [0.15, 0.2) is 53.6 Å². The highest BCUT2D eigenvalue weighted by atomic mass is 16.2.